The number of carboxylic acid groups (broad SMARTS) is 1. The average molecular weight is 296 g/mol. The average Bonchev–Trinajstić information content (AvgIpc) is 2.91. The number of quaternary nitrogens is 1. The number of aliphatic carboxylic acids is 1. The van der Waals surface area contributed by atoms with Gasteiger partial charge in [0.25, 0.3) is 0 Å². The first-order valence-electron chi connectivity index (χ1n) is 6.80. The minimum atomic E-state index is -1.24. The van der Waals surface area contributed by atoms with Gasteiger partial charge in [-0.2, -0.15) is 0 Å². The molecule has 108 valence electrons. The van der Waals surface area contributed by atoms with Gasteiger partial charge in [-0.05, 0) is 30.4 Å². The van der Waals surface area contributed by atoms with Gasteiger partial charge in [-0.3, -0.25) is 0 Å². The van der Waals surface area contributed by atoms with Gasteiger partial charge < -0.3 is 19.5 Å². The van der Waals surface area contributed by atoms with Gasteiger partial charge in [0, 0.05) is 23.4 Å². The zero-order chi connectivity index (χ0) is 14.4. The van der Waals surface area contributed by atoms with Gasteiger partial charge in [0.05, 0.1) is 19.1 Å². The maximum Gasteiger partial charge on any atom is 0.137 e. The van der Waals surface area contributed by atoms with Crippen LogP contribution in [0, 0.1) is 0 Å². The molecule has 0 radical (unpaired) electrons. The zero-order valence-electron chi connectivity index (χ0n) is 11.2. The van der Waals surface area contributed by atoms with Crippen LogP contribution < -0.4 is 14.7 Å². The van der Waals surface area contributed by atoms with Crippen molar-refractivity contribution in [1.82, 2.24) is 0 Å². The molecule has 0 spiro atoms. The molecule has 1 aromatic rings. The topological polar surface area (TPSA) is 53.8 Å². The molecule has 0 aliphatic carbocycles. The third-order valence-corrected chi connectivity index (χ3v) is 3.63. The summed E-state index contributed by atoms with van der Waals surface area (Å²) in [6.45, 7) is 4.00. The quantitative estimate of drug-likeness (QED) is 0.761. The lowest BCUT2D eigenvalue weighted by Crippen LogP contribution is -3.10. The number of benzene rings is 1. The molecule has 1 fully saturated rings. The van der Waals surface area contributed by atoms with Crippen LogP contribution >= 0.6 is 11.6 Å². The lowest BCUT2D eigenvalue weighted by Gasteiger charge is -2.14. The standard InChI is InChI=1S/C15H18ClNO3/c16-13-4-5-14(12(11-13)3-6-15(18)19)20-10-9-17-7-1-2-8-17/h3-6,11H,1-2,7-10H2,(H,18,19)/b6-3-. The second-order valence-electron chi connectivity index (χ2n) is 4.89. The molecule has 0 saturated carbocycles. The SMILES string of the molecule is O=C([O-])/C=C\c1cc(Cl)ccc1OCC[NH+]1CCCC1. The van der Waals surface area contributed by atoms with Crippen molar-refractivity contribution in [2.24, 2.45) is 0 Å². The van der Waals surface area contributed by atoms with E-state index in [-0.39, 0.29) is 0 Å². The minimum absolute atomic E-state index is 0.542. The molecule has 4 nitrogen and oxygen atoms in total. The summed E-state index contributed by atoms with van der Waals surface area (Å²) in [5, 5.41) is 11.0. The fraction of sp³-hybridized carbons (Fsp3) is 0.400. The highest BCUT2D eigenvalue weighted by Crippen LogP contribution is 2.24. The molecule has 1 aromatic carbocycles. The van der Waals surface area contributed by atoms with E-state index in [0.717, 1.165) is 12.6 Å². The van der Waals surface area contributed by atoms with Crippen molar-refractivity contribution in [2.45, 2.75) is 12.8 Å². The molecule has 0 atom stereocenters. The van der Waals surface area contributed by atoms with Crippen LogP contribution in [-0.4, -0.2) is 32.2 Å². The van der Waals surface area contributed by atoms with Crippen molar-refractivity contribution in [2.75, 3.05) is 26.2 Å². The zero-order valence-corrected chi connectivity index (χ0v) is 12.0. The molecule has 2 rings (SSSR count). The number of ether oxygens (including phenoxy) is 1. The summed E-state index contributed by atoms with van der Waals surface area (Å²) in [5.74, 6) is -0.595. The highest BCUT2D eigenvalue weighted by molar-refractivity contribution is 6.30. The normalized spacial score (nSPS) is 15.8. The van der Waals surface area contributed by atoms with Crippen LogP contribution in [0.1, 0.15) is 18.4 Å². The van der Waals surface area contributed by atoms with E-state index >= 15 is 0 Å². The Morgan fingerprint density at radius 2 is 2.15 bits per heavy atom. The molecular weight excluding hydrogens is 278 g/mol. The van der Waals surface area contributed by atoms with Crippen molar-refractivity contribution >= 4 is 23.6 Å². The van der Waals surface area contributed by atoms with E-state index in [2.05, 4.69) is 0 Å². The number of nitrogens with one attached hydrogen (secondary N) is 1. The van der Waals surface area contributed by atoms with Gasteiger partial charge in [-0.25, -0.2) is 0 Å². The fourth-order valence-electron chi connectivity index (χ4n) is 2.37. The fourth-order valence-corrected chi connectivity index (χ4v) is 2.55. The third kappa shape index (κ3) is 4.54. The number of carbonyl (C=O) groups excluding carboxylic acids is 1. The summed E-state index contributed by atoms with van der Waals surface area (Å²) in [7, 11) is 0. The van der Waals surface area contributed by atoms with Crippen LogP contribution in [0.4, 0.5) is 0 Å². The van der Waals surface area contributed by atoms with Gasteiger partial charge in [0.15, 0.2) is 0 Å². The van der Waals surface area contributed by atoms with Crippen LogP contribution in [-0.2, 0) is 4.79 Å². The largest absolute Gasteiger partial charge is 0.545 e. The molecule has 1 saturated heterocycles. The molecule has 1 N–H and O–H groups in total. The maximum atomic E-state index is 10.5. The number of halogens is 1. The molecule has 0 aromatic heterocycles. The van der Waals surface area contributed by atoms with E-state index in [1.807, 2.05) is 0 Å². The second kappa shape index (κ2) is 7.31. The van der Waals surface area contributed by atoms with Crippen molar-refractivity contribution < 1.29 is 19.5 Å². The molecular formula is C15H18ClNO3. The molecule has 0 amide bonds. The van der Waals surface area contributed by atoms with E-state index in [0.29, 0.717) is 22.9 Å². The van der Waals surface area contributed by atoms with Crippen molar-refractivity contribution in [3.05, 3.63) is 34.9 Å². The predicted molar refractivity (Wildman–Crippen MR) is 75.8 cm³/mol. The van der Waals surface area contributed by atoms with Crippen molar-refractivity contribution in [3.8, 4) is 5.75 Å². The molecule has 5 heteroatoms. The van der Waals surface area contributed by atoms with Crippen LogP contribution in [0.5, 0.6) is 5.75 Å². The molecule has 20 heavy (non-hydrogen) atoms. The lowest BCUT2D eigenvalue weighted by molar-refractivity contribution is -0.887. The first kappa shape index (κ1) is 14.9. The van der Waals surface area contributed by atoms with E-state index < -0.39 is 5.97 Å². The number of likely N-dealkylation sites (tertiary alicyclic amines) is 1. The Labute approximate surface area is 123 Å². The maximum absolute atomic E-state index is 10.5. The van der Waals surface area contributed by atoms with Gasteiger partial charge in [-0.15, -0.1) is 0 Å². The first-order chi connectivity index (χ1) is 9.65. The summed E-state index contributed by atoms with van der Waals surface area (Å²) in [6, 6.07) is 5.17. The number of hydrogen-bond acceptors (Lipinski definition) is 3. The first-order valence-corrected chi connectivity index (χ1v) is 7.18. The highest BCUT2D eigenvalue weighted by atomic mass is 35.5. The summed E-state index contributed by atoms with van der Waals surface area (Å²) in [4.78, 5) is 12.0. The van der Waals surface area contributed by atoms with E-state index in [4.69, 9.17) is 16.3 Å². The molecule has 0 unspecified atom stereocenters. The Hall–Kier alpha value is -1.52. The number of carboxylic acids is 1. The lowest BCUT2D eigenvalue weighted by atomic mass is 10.2. The highest BCUT2D eigenvalue weighted by Gasteiger charge is 2.14. The summed E-state index contributed by atoms with van der Waals surface area (Å²) in [6.07, 6.45) is 5.00. The smallest absolute Gasteiger partial charge is 0.137 e. The summed E-state index contributed by atoms with van der Waals surface area (Å²) < 4.78 is 5.74. The Balaban J connectivity index is 1.96. The van der Waals surface area contributed by atoms with E-state index in [1.165, 1.54) is 32.0 Å². The predicted octanol–water partition coefficient (Wildman–Crippen LogP) is 0.161. The van der Waals surface area contributed by atoms with Crippen molar-refractivity contribution in [1.29, 1.82) is 0 Å². The molecule has 1 aliphatic heterocycles. The van der Waals surface area contributed by atoms with Crippen LogP contribution in [0.15, 0.2) is 24.3 Å². The van der Waals surface area contributed by atoms with Crippen LogP contribution in [0.3, 0.4) is 0 Å². The van der Waals surface area contributed by atoms with Crippen LogP contribution in [0.2, 0.25) is 5.02 Å². The number of carbonyl (C=O) groups is 1. The van der Waals surface area contributed by atoms with E-state index in [9.17, 15) is 9.90 Å². The number of hydrogen-bond donors (Lipinski definition) is 1. The van der Waals surface area contributed by atoms with Crippen molar-refractivity contribution in [3.63, 3.8) is 0 Å². The summed E-state index contributed by atoms with van der Waals surface area (Å²) >= 11 is 5.91. The van der Waals surface area contributed by atoms with Gasteiger partial charge in [0.2, 0.25) is 0 Å². The molecule has 1 aliphatic rings. The van der Waals surface area contributed by atoms with Gasteiger partial charge >= 0.3 is 0 Å². The molecule has 0 bridgehead atoms. The monoisotopic (exact) mass is 295 g/mol. The third-order valence-electron chi connectivity index (χ3n) is 3.39. The van der Waals surface area contributed by atoms with Gasteiger partial charge in [0.1, 0.15) is 18.9 Å². The second-order valence-corrected chi connectivity index (χ2v) is 5.33. The minimum Gasteiger partial charge on any atom is -0.545 e. The Morgan fingerprint density at radius 1 is 1.40 bits per heavy atom. The van der Waals surface area contributed by atoms with E-state index in [1.54, 1.807) is 23.1 Å². The summed E-state index contributed by atoms with van der Waals surface area (Å²) in [5.41, 5.74) is 0.651. The van der Waals surface area contributed by atoms with Crippen LogP contribution in [0.25, 0.3) is 6.08 Å². The Bertz CT molecular complexity index is 496. The Morgan fingerprint density at radius 3 is 2.85 bits per heavy atom. The van der Waals surface area contributed by atoms with Gasteiger partial charge in [-0.1, -0.05) is 11.6 Å². The Kier molecular flexibility index (Phi) is 5.44. The molecule has 1 heterocycles. The number of rotatable bonds is 6.